The minimum Gasteiger partial charge on any atom is -0.478 e. The largest absolute Gasteiger partial charge is 0.478 e. The zero-order valence-corrected chi connectivity index (χ0v) is 11.2. The molecule has 0 atom stereocenters. The van der Waals surface area contributed by atoms with Crippen LogP contribution in [0.3, 0.4) is 0 Å². The average Bonchev–Trinajstić information content (AvgIpc) is 3.08. The number of aromatic carboxylic acids is 1. The third-order valence-corrected chi connectivity index (χ3v) is 3.59. The summed E-state index contributed by atoms with van der Waals surface area (Å²) >= 11 is 1.38. The summed E-state index contributed by atoms with van der Waals surface area (Å²) in [6.07, 6.45) is 3.19. The normalized spacial score (nSPS) is 10.6. The predicted octanol–water partition coefficient (Wildman–Crippen LogP) is 2.75. The first kappa shape index (κ1) is 12.6. The minimum absolute atomic E-state index is 0.177. The first-order valence-corrected chi connectivity index (χ1v) is 6.86. The van der Waals surface area contributed by atoms with Gasteiger partial charge in [0.2, 0.25) is 0 Å². The molecule has 100 valence electrons. The van der Waals surface area contributed by atoms with E-state index in [1.807, 2.05) is 30.3 Å². The quantitative estimate of drug-likeness (QED) is 0.800. The van der Waals surface area contributed by atoms with Crippen molar-refractivity contribution < 1.29 is 9.90 Å². The van der Waals surface area contributed by atoms with E-state index in [2.05, 4.69) is 10.1 Å². The van der Waals surface area contributed by atoms with Gasteiger partial charge in [0.1, 0.15) is 16.3 Å². The van der Waals surface area contributed by atoms with Crippen LogP contribution in [-0.4, -0.2) is 25.8 Å². The number of carboxylic acid groups (broad SMARTS) is 1. The Balaban J connectivity index is 1.98. The van der Waals surface area contributed by atoms with Gasteiger partial charge in [0.05, 0.1) is 6.54 Å². The lowest BCUT2D eigenvalue weighted by Crippen LogP contribution is -2.00. The second-order valence-corrected chi connectivity index (χ2v) is 5.11. The lowest BCUT2D eigenvalue weighted by molar-refractivity contribution is 0.0697. The van der Waals surface area contributed by atoms with Crippen LogP contribution in [0.25, 0.3) is 10.7 Å². The molecule has 2 aromatic heterocycles. The summed E-state index contributed by atoms with van der Waals surface area (Å²) in [7, 11) is 0. The van der Waals surface area contributed by atoms with Crippen LogP contribution in [0, 0.1) is 0 Å². The fourth-order valence-corrected chi connectivity index (χ4v) is 2.56. The van der Waals surface area contributed by atoms with Gasteiger partial charge in [0.15, 0.2) is 0 Å². The molecule has 0 aliphatic heterocycles. The third-order valence-electron chi connectivity index (χ3n) is 2.81. The average molecular weight is 285 g/mol. The van der Waals surface area contributed by atoms with E-state index in [0.717, 1.165) is 5.56 Å². The standard InChI is InChI=1S/C14H11N3O2S/c18-14(19)11-9-17(8-10-4-2-1-3-5-10)16-12(11)13-15-6-7-20-13/h1-7,9H,8H2,(H,18,19). The highest BCUT2D eigenvalue weighted by Crippen LogP contribution is 2.24. The summed E-state index contributed by atoms with van der Waals surface area (Å²) in [5.41, 5.74) is 1.66. The lowest BCUT2D eigenvalue weighted by Gasteiger charge is -2.00. The van der Waals surface area contributed by atoms with Crippen LogP contribution in [0.4, 0.5) is 0 Å². The molecule has 3 aromatic rings. The zero-order chi connectivity index (χ0) is 13.9. The van der Waals surface area contributed by atoms with E-state index in [1.54, 1.807) is 22.5 Å². The zero-order valence-electron chi connectivity index (χ0n) is 10.4. The number of carboxylic acids is 1. The van der Waals surface area contributed by atoms with E-state index >= 15 is 0 Å². The number of rotatable bonds is 4. The molecular weight excluding hydrogens is 274 g/mol. The summed E-state index contributed by atoms with van der Waals surface area (Å²) < 4.78 is 1.63. The molecule has 6 heteroatoms. The van der Waals surface area contributed by atoms with Gasteiger partial charge in [-0.05, 0) is 5.56 Å². The molecule has 3 rings (SSSR count). The second-order valence-electron chi connectivity index (χ2n) is 4.22. The summed E-state index contributed by atoms with van der Waals surface area (Å²) in [5.74, 6) is -0.991. The SMILES string of the molecule is O=C(O)c1cn(Cc2ccccc2)nc1-c1nccs1. The Morgan fingerprint density at radius 1 is 1.30 bits per heavy atom. The van der Waals surface area contributed by atoms with Crippen molar-refractivity contribution in [3.63, 3.8) is 0 Å². The van der Waals surface area contributed by atoms with E-state index in [9.17, 15) is 9.90 Å². The maximum Gasteiger partial charge on any atom is 0.339 e. The van der Waals surface area contributed by atoms with Gasteiger partial charge in [-0.1, -0.05) is 30.3 Å². The van der Waals surface area contributed by atoms with Crippen LogP contribution >= 0.6 is 11.3 Å². The van der Waals surface area contributed by atoms with E-state index < -0.39 is 5.97 Å². The molecule has 0 amide bonds. The number of carbonyl (C=O) groups is 1. The van der Waals surface area contributed by atoms with Crippen molar-refractivity contribution >= 4 is 17.3 Å². The van der Waals surface area contributed by atoms with Gasteiger partial charge in [0, 0.05) is 17.8 Å². The van der Waals surface area contributed by atoms with Gasteiger partial charge in [-0.15, -0.1) is 11.3 Å². The molecule has 0 bridgehead atoms. The Morgan fingerprint density at radius 3 is 2.75 bits per heavy atom. The smallest absolute Gasteiger partial charge is 0.339 e. The van der Waals surface area contributed by atoms with Crippen molar-refractivity contribution in [3.05, 3.63) is 59.2 Å². The van der Waals surface area contributed by atoms with Crippen LogP contribution in [0.1, 0.15) is 15.9 Å². The first-order chi connectivity index (χ1) is 9.74. The molecule has 0 unspecified atom stereocenters. The van der Waals surface area contributed by atoms with Crippen molar-refractivity contribution in [1.29, 1.82) is 0 Å². The van der Waals surface area contributed by atoms with Crippen LogP contribution in [-0.2, 0) is 6.54 Å². The Bertz CT molecular complexity index is 720. The van der Waals surface area contributed by atoms with E-state index in [4.69, 9.17) is 0 Å². The molecule has 0 radical (unpaired) electrons. The van der Waals surface area contributed by atoms with Gasteiger partial charge in [0.25, 0.3) is 0 Å². The molecule has 0 saturated carbocycles. The topological polar surface area (TPSA) is 68.0 Å². The summed E-state index contributed by atoms with van der Waals surface area (Å²) in [5, 5.41) is 16.0. The molecule has 0 fully saturated rings. The Kier molecular flexibility index (Phi) is 3.30. The van der Waals surface area contributed by atoms with Crippen LogP contribution in [0.15, 0.2) is 48.1 Å². The number of benzene rings is 1. The van der Waals surface area contributed by atoms with E-state index in [1.165, 1.54) is 11.3 Å². The Morgan fingerprint density at radius 2 is 2.10 bits per heavy atom. The number of thiazole rings is 1. The number of aromatic nitrogens is 3. The number of hydrogen-bond donors (Lipinski definition) is 1. The molecule has 20 heavy (non-hydrogen) atoms. The molecule has 1 N–H and O–H groups in total. The summed E-state index contributed by atoms with van der Waals surface area (Å²) in [6, 6.07) is 9.78. The Labute approximate surface area is 119 Å². The van der Waals surface area contributed by atoms with Crippen molar-refractivity contribution in [3.8, 4) is 10.7 Å². The maximum absolute atomic E-state index is 11.3. The third kappa shape index (κ3) is 2.46. The van der Waals surface area contributed by atoms with Gasteiger partial charge < -0.3 is 5.11 Å². The lowest BCUT2D eigenvalue weighted by atomic mass is 10.2. The predicted molar refractivity (Wildman–Crippen MR) is 75.8 cm³/mol. The number of hydrogen-bond acceptors (Lipinski definition) is 4. The minimum atomic E-state index is -0.991. The fourth-order valence-electron chi connectivity index (χ4n) is 1.93. The highest BCUT2D eigenvalue weighted by Gasteiger charge is 2.18. The van der Waals surface area contributed by atoms with Gasteiger partial charge >= 0.3 is 5.97 Å². The molecule has 0 saturated heterocycles. The van der Waals surface area contributed by atoms with E-state index in [-0.39, 0.29) is 5.56 Å². The van der Waals surface area contributed by atoms with Crippen LogP contribution in [0.2, 0.25) is 0 Å². The highest BCUT2D eigenvalue weighted by atomic mass is 32.1. The maximum atomic E-state index is 11.3. The fraction of sp³-hybridized carbons (Fsp3) is 0.0714. The van der Waals surface area contributed by atoms with E-state index in [0.29, 0.717) is 17.2 Å². The molecule has 1 aromatic carbocycles. The van der Waals surface area contributed by atoms with Gasteiger partial charge in [-0.25, -0.2) is 9.78 Å². The van der Waals surface area contributed by atoms with Crippen LogP contribution < -0.4 is 0 Å². The molecule has 0 aliphatic carbocycles. The molecular formula is C14H11N3O2S. The highest BCUT2D eigenvalue weighted by molar-refractivity contribution is 7.13. The monoisotopic (exact) mass is 285 g/mol. The second kappa shape index (κ2) is 5.26. The summed E-state index contributed by atoms with van der Waals surface area (Å²) in [6.45, 7) is 0.534. The number of nitrogens with zero attached hydrogens (tertiary/aromatic N) is 3. The summed E-state index contributed by atoms with van der Waals surface area (Å²) in [4.78, 5) is 15.4. The van der Waals surface area contributed by atoms with Crippen molar-refractivity contribution in [2.24, 2.45) is 0 Å². The first-order valence-electron chi connectivity index (χ1n) is 5.98. The van der Waals surface area contributed by atoms with Crippen LogP contribution in [0.5, 0.6) is 0 Å². The van der Waals surface area contributed by atoms with Crippen molar-refractivity contribution in [2.45, 2.75) is 6.54 Å². The van der Waals surface area contributed by atoms with Gasteiger partial charge in [-0.2, -0.15) is 5.10 Å². The van der Waals surface area contributed by atoms with Crippen molar-refractivity contribution in [1.82, 2.24) is 14.8 Å². The molecule has 5 nitrogen and oxygen atoms in total. The molecule has 0 aliphatic rings. The Hall–Kier alpha value is -2.47. The van der Waals surface area contributed by atoms with Gasteiger partial charge in [-0.3, -0.25) is 4.68 Å². The van der Waals surface area contributed by atoms with Crippen molar-refractivity contribution in [2.75, 3.05) is 0 Å². The molecule has 0 spiro atoms. The molecule has 2 heterocycles.